The predicted molar refractivity (Wildman–Crippen MR) is 106 cm³/mol. The summed E-state index contributed by atoms with van der Waals surface area (Å²) in [4.78, 5) is 35.7. The Bertz CT molecular complexity index is 918. The lowest BCUT2D eigenvalue weighted by atomic mass is 10.1. The number of nitrogens with one attached hydrogen (secondary N) is 2. The number of carbonyl (C=O) groups excluding carboxylic acids is 3. The van der Waals surface area contributed by atoms with Crippen LogP contribution in [0.4, 0.5) is 4.39 Å². The van der Waals surface area contributed by atoms with Crippen LogP contribution in [0.1, 0.15) is 28.9 Å². The molecule has 2 aromatic rings. The molecule has 160 valence electrons. The van der Waals surface area contributed by atoms with E-state index in [0.29, 0.717) is 17.1 Å². The van der Waals surface area contributed by atoms with E-state index in [4.69, 9.17) is 14.2 Å². The van der Waals surface area contributed by atoms with Gasteiger partial charge in [0, 0.05) is 11.1 Å². The summed E-state index contributed by atoms with van der Waals surface area (Å²) in [5.41, 5.74) is 0.764. The van der Waals surface area contributed by atoms with Crippen molar-refractivity contribution in [2.24, 2.45) is 0 Å². The SMILES string of the molecule is COc1ccc(OC)c([C@H](C)NC(=O)COC(=O)CNC(=O)c2cccc(F)c2)c1. The third-order valence-corrected chi connectivity index (χ3v) is 4.13. The van der Waals surface area contributed by atoms with Crippen molar-refractivity contribution in [3.8, 4) is 11.5 Å². The van der Waals surface area contributed by atoms with Crippen LogP contribution in [-0.2, 0) is 14.3 Å². The van der Waals surface area contributed by atoms with E-state index in [0.717, 1.165) is 6.07 Å². The second-order valence-corrected chi connectivity index (χ2v) is 6.25. The maximum absolute atomic E-state index is 13.1. The molecule has 0 saturated heterocycles. The number of carbonyl (C=O) groups is 3. The van der Waals surface area contributed by atoms with E-state index < -0.39 is 42.8 Å². The lowest BCUT2D eigenvalue weighted by Crippen LogP contribution is -2.34. The highest BCUT2D eigenvalue weighted by atomic mass is 19.1. The van der Waals surface area contributed by atoms with Crippen LogP contribution in [0.15, 0.2) is 42.5 Å². The molecule has 0 aliphatic carbocycles. The van der Waals surface area contributed by atoms with E-state index in [2.05, 4.69) is 10.6 Å². The van der Waals surface area contributed by atoms with Crippen LogP contribution in [0, 0.1) is 5.82 Å². The van der Waals surface area contributed by atoms with Gasteiger partial charge in [0.05, 0.1) is 20.3 Å². The number of ether oxygens (including phenoxy) is 3. The van der Waals surface area contributed by atoms with Crippen molar-refractivity contribution in [2.75, 3.05) is 27.4 Å². The minimum atomic E-state index is -0.804. The third-order valence-electron chi connectivity index (χ3n) is 4.13. The Hall–Kier alpha value is -3.62. The van der Waals surface area contributed by atoms with Crippen LogP contribution < -0.4 is 20.1 Å². The van der Waals surface area contributed by atoms with Crippen molar-refractivity contribution in [1.29, 1.82) is 0 Å². The number of methoxy groups -OCH3 is 2. The topological polar surface area (TPSA) is 103 Å². The molecule has 1 atom stereocenters. The zero-order chi connectivity index (χ0) is 22.1. The second-order valence-electron chi connectivity index (χ2n) is 6.25. The van der Waals surface area contributed by atoms with Crippen molar-refractivity contribution in [1.82, 2.24) is 10.6 Å². The Balaban J connectivity index is 1.81. The van der Waals surface area contributed by atoms with Gasteiger partial charge in [-0.1, -0.05) is 6.07 Å². The second kappa shape index (κ2) is 10.8. The molecule has 0 aliphatic rings. The van der Waals surface area contributed by atoms with Crippen molar-refractivity contribution >= 4 is 17.8 Å². The van der Waals surface area contributed by atoms with Gasteiger partial charge in [-0.2, -0.15) is 0 Å². The van der Waals surface area contributed by atoms with E-state index in [1.54, 1.807) is 25.1 Å². The van der Waals surface area contributed by atoms with E-state index in [1.807, 2.05) is 0 Å². The molecular formula is C21H23FN2O6. The van der Waals surface area contributed by atoms with Gasteiger partial charge in [0.25, 0.3) is 11.8 Å². The summed E-state index contributed by atoms with van der Waals surface area (Å²) < 4.78 is 28.4. The summed E-state index contributed by atoms with van der Waals surface area (Å²) in [6.07, 6.45) is 0. The van der Waals surface area contributed by atoms with Gasteiger partial charge in [0.1, 0.15) is 23.9 Å². The fraction of sp³-hybridized carbons (Fsp3) is 0.286. The van der Waals surface area contributed by atoms with Crippen molar-refractivity contribution in [3.05, 3.63) is 59.4 Å². The summed E-state index contributed by atoms with van der Waals surface area (Å²) in [6, 6.07) is 9.78. The molecule has 0 bridgehead atoms. The maximum Gasteiger partial charge on any atom is 0.325 e. The first-order chi connectivity index (χ1) is 14.3. The lowest BCUT2D eigenvalue weighted by Gasteiger charge is -2.18. The first-order valence-corrected chi connectivity index (χ1v) is 9.04. The van der Waals surface area contributed by atoms with Gasteiger partial charge in [0.15, 0.2) is 6.61 Å². The third kappa shape index (κ3) is 6.47. The highest BCUT2D eigenvalue weighted by molar-refractivity contribution is 5.96. The minimum absolute atomic E-state index is 0.0709. The molecule has 2 rings (SSSR count). The molecule has 0 heterocycles. The smallest absolute Gasteiger partial charge is 0.325 e. The normalized spacial score (nSPS) is 11.2. The molecule has 2 aromatic carbocycles. The standard InChI is InChI=1S/C21H23FN2O6/c1-13(17-10-16(28-2)7-8-18(17)29-3)24-19(25)12-30-20(26)11-23-21(27)14-5-4-6-15(22)9-14/h4-10,13H,11-12H2,1-3H3,(H,23,27)(H,24,25)/t13-/m0/s1. The van der Waals surface area contributed by atoms with E-state index in [-0.39, 0.29) is 5.56 Å². The molecule has 0 saturated carbocycles. The largest absolute Gasteiger partial charge is 0.497 e. The molecule has 0 aliphatic heterocycles. The van der Waals surface area contributed by atoms with Crippen LogP contribution in [0.25, 0.3) is 0 Å². The Morgan fingerprint density at radius 1 is 1.07 bits per heavy atom. The summed E-state index contributed by atoms with van der Waals surface area (Å²) in [5, 5.41) is 5.00. The first kappa shape index (κ1) is 22.7. The zero-order valence-corrected chi connectivity index (χ0v) is 16.9. The van der Waals surface area contributed by atoms with Crippen LogP contribution in [0.5, 0.6) is 11.5 Å². The predicted octanol–water partition coefficient (Wildman–Crippen LogP) is 1.99. The average Bonchev–Trinajstić information content (AvgIpc) is 2.75. The lowest BCUT2D eigenvalue weighted by molar-refractivity contribution is -0.147. The number of amides is 2. The highest BCUT2D eigenvalue weighted by Gasteiger charge is 2.17. The number of benzene rings is 2. The van der Waals surface area contributed by atoms with Gasteiger partial charge in [-0.25, -0.2) is 4.39 Å². The first-order valence-electron chi connectivity index (χ1n) is 9.04. The minimum Gasteiger partial charge on any atom is -0.497 e. The van der Waals surface area contributed by atoms with E-state index in [1.165, 1.54) is 32.4 Å². The van der Waals surface area contributed by atoms with Gasteiger partial charge < -0.3 is 24.8 Å². The molecule has 2 N–H and O–H groups in total. The van der Waals surface area contributed by atoms with E-state index >= 15 is 0 Å². The monoisotopic (exact) mass is 418 g/mol. The van der Waals surface area contributed by atoms with Gasteiger partial charge in [-0.05, 0) is 43.3 Å². The molecule has 30 heavy (non-hydrogen) atoms. The summed E-state index contributed by atoms with van der Waals surface area (Å²) in [5.74, 6) is -1.36. The van der Waals surface area contributed by atoms with Crippen molar-refractivity contribution in [2.45, 2.75) is 13.0 Å². The fourth-order valence-electron chi connectivity index (χ4n) is 2.62. The summed E-state index contributed by atoms with van der Waals surface area (Å²) >= 11 is 0. The van der Waals surface area contributed by atoms with Crippen molar-refractivity contribution in [3.63, 3.8) is 0 Å². The molecule has 0 aromatic heterocycles. The molecule has 0 fully saturated rings. The number of esters is 1. The molecule has 8 nitrogen and oxygen atoms in total. The average molecular weight is 418 g/mol. The summed E-state index contributed by atoms with van der Waals surface area (Å²) in [6.45, 7) is 0.767. The Morgan fingerprint density at radius 3 is 2.50 bits per heavy atom. The van der Waals surface area contributed by atoms with Crippen LogP contribution in [0.3, 0.4) is 0 Å². The van der Waals surface area contributed by atoms with Gasteiger partial charge in [0.2, 0.25) is 0 Å². The fourth-order valence-corrected chi connectivity index (χ4v) is 2.62. The van der Waals surface area contributed by atoms with Crippen molar-refractivity contribution < 1.29 is 33.0 Å². The maximum atomic E-state index is 13.1. The van der Waals surface area contributed by atoms with E-state index in [9.17, 15) is 18.8 Å². The van der Waals surface area contributed by atoms with Gasteiger partial charge >= 0.3 is 5.97 Å². The van der Waals surface area contributed by atoms with Gasteiger partial charge in [-0.15, -0.1) is 0 Å². The molecule has 0 radical (unpaired) electrons. The number of rotatable bonds is 9. The van der Waals surface area contributed by atoms with Crippen LogP contribution in [-0.4, -0.2) is 45.2 Å². The number of hydrogen-bond donors (Lipinski definition) is 2. The summed E-state index contributed by atoms with van der Waals surface area (Å²) in [7, 11) is 3.04. The van der Waals surface area contributed by atoms with Crippen LogP contribution in [0.2, 0.25) is 0 Å². The van der Waals surface area contributed by atoms with Gasteiger partial charge in [-0.3, -0.25) is 14.4 Å². The molecule has 0 unspecified atom stereocenters. The van der Waals surface area contributed by atoms with Crippen LogP contribution >= 0.6 is 0 Å². The quantitative estimate of drug-likeness (QED) is 0.604. The Morgan fingerprint density at radius 2 is 1.83 bits per heavy atom. The Labute approximate surface area is 173 Å². The molecule has 0 spiro atoms. The molecule has 2 amide bonds. The zero-order valence-electron chi connectivity index (χ0n) is 16.9. The number of halogens is 1. The molecular weight excluding hydrogens is 395 g/mol. The number of hydrogen-bond acceptors (Lipinski definition) is 6. The molecule has 9 heteroatoms. The Kier molecular flexibility index (Phi) is 8.16. The highest BCUT2D eigenvalue weighted by Crippen LogP contribution is 2.29.